The Morgan fingerprint density at radius 1 is 1.00 bits per heavy atom. The quantitative estimate of drug-likeness (QED) is 0.662. The van der Waals surface area contributed by atoms with Crippen molar-refractivity contribution >= 4 is 8.80 Å². The van der Waals surface area contributed by atoms with Crippen LogP contribution in [0.2, 0.25) is 5.04 Å². The zero-order chi connectivity index (χ0) is 13.6. The van der Waals surface area contributed by atoms with Crippen molar-refractivity contribution in [1.82, 2.24) is 0 Å². The molecule has 1 aliphatic carbocycles. The molecule has 0 heterocycles. The summed E-state index contributed by atoms with van der Waals surface area (Å²) >= 11 is 0. The van der Waals surface area contributed by atoms with Crippen LogP contribution in [-0.2, 0) is 13.3 Å². The first-order valence-electron chi connectivity index (χ1n) is 6.84. The van der Waals surface area contributed by atoms with E-state index in [1.54, 1.807) is 0 Å². The molecule has 104 valence electrons. The van der Waals surface area contributed by atoms with Gasteiger partial charge in [-0.25, -0.2) is 0 Å². The van der Waals surface area contributed by atoms with Crippen molar-refractivity contribution in [3.63, 3.8) is 0 Å². The molecule has 3 nitrogen and oxygen atoms in total. The highest BCUT2D eigenvalue weighted by Crippen LogP contribution is 2.49. The zero-order valence-corrected chi connectivity index (χ0v) is 13.2. The first kappa shape index (κ1) is 15.6. The predicted molar refractivity (Wildman–Crippen MR) is 76.4 cm³/mol. The average molecular weight is 270 g/mol. The van der Waals surface area contributed by atoms with Gasteiger partial charge in [0.25, 0.3) is 0 Å². The van der Waals surface area contributed by atoms with E-state index < -0.39 is 8.80 Å². The van der Waals surface area contributed by atoms with Gasteiger partial charge in [-0.1, -0.05) is 38.2 Å². The Morgan fingerprint density at radius 2 is 1.50 bits per heavy atom. The SMILES string of the molecule is CCO[Si](OCC)(OCC)C1(C)C=CC=CC1C. The van der Waals surface area contributed by atoms with Crippen LogP contribution < -0.4 is 0 Å². The molecule has 0 amide bonds. The molecule has 18 heavy (non-hydrogen) atoms. The Balaban J connectivity index is 3.13. The highest BCUT2D eigenvalue weighted by Gasteiger charge is 2.59. The first-order valence-corrected chi connectivity index (χ1v) is 8.56. The fourth-order valence-electron chi connectivity index (χ4n) is 2.38. The van der Waals surface area contributed by atoms with Gasteiger partial charge in [0.1, 0.15) is 0 Å². The average Bonchev–Trinajstić information content (AvgIpc) is 2.34. The molecule has 0 fully saturated rings. The van der Waals surface area contributed by atoms with E-state index in [0.717, 1.165) is 0 Å². The molecule has 0 aromatic rings. The van der Waals surface area contributed by atoms with Gasteiger partial charge in [0.15, 0.2) is 0 Å². The van der Waals surface area contributed by atoms with E-state index in [1.807, 2.05) is 20.8 Å². The number of hydrogen-bond donors (Lipinski definition) is 0. The molecule has 2 atom stereocenters. The van der Waals surface area contributed by atoms with Crippen LogP contribution in [0.4, 0.5) is 0 Å². The van der Waals surface area contributed by atoms with Gasteiger partial charge >= 0.3 is 8.80 Å². The van der Waals surface area contributed by atoms with Crippen molar-refractivity contribution in [3.8, 4) is 0 Å². The minimum Gasteiger partial charge on any atom is -0.373 e. The van der Waals surface area contributed by atoms with Crippen molar-refractivity contribution in [2.45, 2.75) is 39.7 Å². The molecular weight excluding hydrogens is 244 g/mol. The molecule has 0 bridgehead atoms. The van der Waals surface area contributed by atoms with Crippen LogP contribution in [-0.4, -0.2) is 28.6 Å². The van der Waals surface area contributed by atoms with Gasteiger partial charge < -0.3 is 13.3 Å². The standard InChI is InChI=1S/C14H26O3Si/c1-6-15-18(16-7-2,17-8-3)14(5)12-10-9-11-13(14)4/h9-13H,6-8H2,1-5H3. The summed E-state index contributed by atoms with van der Waals surface area (Å²) in [4.78, 5) is 0. The maximum atomic E-state index is 6.03. The van der Waals surface area contributed by atoms with Crippen LogP contribution in [0.1, 0.15) is 34.6 Å². The summed E-state index contributed by atoms with van der Waals surface area (Å²) in [5, 5.41) is -0.191. The zero-order valence-electron chi connectivity index (χ0n) is 12.2. The molecule has 0 spiro atoms. The smallest absolute Gasteiger partial charge is 0.373 e. The van der Waals surface area contributed by atoms with Crippen molar-refractivity contribution in [3.05, 3.63) is 24.3 Å². The maximum Gasteiger partial charge on any atom is 0.511 e. The molecule has 0 N–H and O–H groups in total. The Labute approximate surface area is 112 Å². The second-order valence-corrected chi connectivity index (χ2v) is 7.73. The van der Waals surface area contributed by atoms with Crippen LogP contribution >= 0.6 is 0 Å². The predicted octanol–water partition coefficient (Wildman–Crippen LogP) is 3.56. The summed E-state index contributed by atoms with van der Waals surface area (Å²) in [6.45, 7) is 12.2. The molecule has 0 saturated carbocycles. The third kappa shape index (κ3) is 2.77. The molecule has 0 aromatic carbocycles. The molecular formula is C14H26O3Si. The summed E-state index contributed by atoms with van der Waals surface area (Å²) < 4.78 is 18.1. The van der Waals surface area contributed by atoms with Gasteiger partial charge in [0.2, 0.25) is 0 Å². The minimum atomic E-state index is -2.72. The van der Waals surface area contributed by atoms with Gasteiger partial charge in [-0.15, -0.1) is 0 Å². The highest BCUT2D eigenvalue weighted by atomic mass is 28.4. The number of hydrogen-bond acceptors (Lipinski definition) is 3. The van der Waals surface area contributed by atoms with E-state index in [2.05, 4.69) is 38.2 Å². The lowest BCUT2D eigenvalue weighted by Crippen LogP contribution is -2.57. The van der Waals surface area contributed by atoms with E-state index >= 15 is 0 Å². The number of allylic oxidation sites excluding steroid dienone is 4. The number of rotatable bonds is 7. The third-order valence-electron chi connectivity index (χ3n) is 3.56. The summed E-state index contributed by atoms with van der Waals surface area (Å²) in [6.07, 6.45) is 8.53. The van der Waals surface area contributed by atoms with Crippen molar-refractivity contribution in [2.24, 2.45) is 5.92 Å². The second-order valence-electron chi connectivity index (χ2n) is 4.67. The Bertz CT molecular complexity index is 297. The Kier molecular flexibility index (Phi) is 5.78. The highest BCUT2D eigenvalue weighted by molar-refractivity contribution is 6.65. The fourth-order valence-corrected chi connectivity index (χ4v) is 5.66. The molecule has 2 unspecified atom stereocenters. The maximum absolute atomic E-state index is 6.03. The fraction of sp³-hybridized carbons (Fsp3) is 0.714. The molecule has 1 rings (SSSR count). The first-order chi connectivity index (χ1) is 8.56. The monoisotopic (exact) mass is 270 g/mol. The minimum absolute atomic E-state index is 0.191. The van der Waals surface area contributed by atoms with E-state index in [-0.39, 0.29) is 5.04 Å². The van der Waals surface area contributed by atoms with Crippen LogP contribution in [0.25, 0.3) is 0 Å². The largest absolute Gasteiger partial charge is 0.511 e. The lowest BCUT2D eigenvalue weighted by atomic mass is 9.90. The Hall–Kier alpha value is -0.423. The molecule has 0 radical (unpaired) electrons. The summed E-state index contributed by atoms with van der Waals surface area (Å²) in [6, 6.07) is 0. The summed E-state index contributed by atoms with van der Waals surface area (Å²) in [5.74, 6) is 0.346. The third-order valence-corrected chi connectivity index (χ3v) is 7.51. The van der Waals surface area contributed by atoms with Gasteiger partial charge in [0.05, 0.1) is 5.04 Å². The van der Waals surface area contributed by atoms with Gasteiger partial charge in [-0.05, 0) is 26.7 Å². The van der Waals surface area contributed by atoms with Gasteiger partial charge in [0, 0.05) is 19.8 Å². The van der Waals surface area contributed by atoms with Crippen LogP contribution in [0.3, 0.4) is 0 Å². The van der Waals surface area contributed by atoms with Crippen LogP contribution in [0.15, 0.2) is 24.3 Å². The Morgan fingerprint density at radius 3 is 1.89 bits per heavy atom. The van der Waals surface area contributed by atoms with Crippen LogP contribution in [0, 0.1) is 5.92 Å². The summed E-state index contributed by atoms with van der Waals surface area (Å²) in [5.41, 5.74) is 0. The van der Waals surface area contributed by atoms with E-state index in [1.165, 1.54) is 0 Å². The molecule has 0 aromatic heterocycles. The molecule has 1 aliphatic rings. The summed E-state index contributed by atoms with van der Waals surface area (Å²) in [7, 11) is -2.72. The van der Waals surface area contributed by atoms with Gasteiger partial charge in [-0.3, -0.25) is 0 Å². The second kappa shape index (κ2) is 6.66. The van der Waals surface area contributed by atoms with Gasteiger partial charge in [-0.2, -0.15) is 0 Å². The topological polar surface area (TPSA) is 27.7 Å². The normalized spacial score (nSPS) is 27.7. The van der Waals surface area contributed by atoms with Crippen molar-refractivity contribution in [2.75, 3.05) is 19.8 Å². The van der Waals surface area contributed by atoms with Crippen LogP contribution in [0.5, 0.6) is 0 Å². The lowest BCUT2D eigenvalue weighted by Gasteiger charge is -2.44. The lowest BCUT2D eigenvalue weighted by molar-refractivity contribution is 0.0470. The van der Waals surface area contributed by atoms with Crippen molar-refractivity contribution < 1.29 is 13.3 Å². The van der Waals surface area contributed by atoms with E-state index in [9.17, 15) is 0 Å². The van der Waals surface area contributed by atoms with E-state index in [0.29, 0.717) is 25.7 Å². The molecule has 0 aliphatic heterocycles. The van der Waals surface area contributed by atoms with Crippen molar-refractivity contribution in [1.29, 1.82) is 0 Å². The molecule has 0 saturated heterocycles. The molecule has 4 heteroatoms. The van der Waals surface area contributed by atoms with E-state index in [4.69, 9.17) is 13.3 Å².